The van der Waals surface area contributed by atoms with Gasteiger partial charge in [0.25, 0.3) is 0 Å². The number of anilines is 3. The fourth-order valence-electron chi connectivity index (χ4n) is 3.23. The molecule has 0 radical (unpaired) electrons. The Labute approximate surface area is 182 Å². The maximum atomic E-state index is 12.1. The molecule has 0 atom stereocenters. The van der Waals surface area contributed by atoms with Crippen molar-refractivity contribution >= 4 is 86.8 Å². The molecule has 3 aromatic rings. The topological polar surface area (TPSA) is 61.4 Å². The molecule has 0 saturated carbocycles. The van der Waals surface area contributed by atoms with E-state index in [-0.39, 0.29) is 25.6 Å². The van der Waals surface area contributed by atoms with Crippen LogP contribution in [0.3, 0.4) is 0 Å². The molecule has 2 amide bonds. The van der Waals surface area contributed by atoms with Gasteiger partial charge in [0.1, 0.15) is 0 Å². The number of nitrogens with zero attached hydrogens (tertiary/aromatic N) is 1. The third-order valence-corrected chi connectivity index (χ3v) is 8.09. The molecule has 8 heteroatoms. The van der Waals surface area contributed by atoms with Crippen molar-refractivity contribution in [1.82, 2.24) is 10.6 Å². The molecule has 5 nitrogen and oxygen atoms in total. The molecule has 0 spiro atoms. The molecule has 2 N–H and O–H groups in total. The van der Waals surface area contributed by atoms with Gasteiger partial charge in [0.15, 0.2) is 0 Å². The Morgan fingerprint density at radius 1 is 0.862 bits per heavy atom. The van der Waals surface area contributed by atoms with Gasteiger partial charge in [0.05, 0.1) is 0 Å². The summed E-state index contributed by atoms with van der Waals surface area (Å²) >= 11 is 6.63. The van der Waals surface area contributed by atoms with Crippen LogP contribution in [0, 0.1) is 0 Å². The first-order valence-corrected chi connectivity index (χ1v) is 11.7. The third kappa shape index (κ3) is 3.30. The van der Waals surface area contributed by atoms with Crippen LogP contribution in [-0.4, -0.2) is 31.9 Å². The summed E-state index contributed by atoms with van der Waals surface area (Å²) in [5, 5.41) is 5.99. The van der Waals surface area contributed by atoms with Crippen LogP contribution >= 0.6 is 23.6 Å². The Morgan fingerprint density at radius 3 is 2.07 bits per heavy atom. The summed E-state index contributed by atoms with van der Waals surface area (Å²) in [6, 6.07) is 20.8. The van der Waals surface area contributed by atoms with Crippen molar-refractivity contribution in [3.05, 3.63) is 71.1 Å². The van der Waals surface area contributed by atoms with Crippen molar-refractivity contribution in [3.63, 3.8) is 0 Å². The predicted molar refractivity (Wildman–Crippen MR) is 121 cm³/mol. The number of carbonyl (C=O) groups is 2. The summed E-state index contributed by atoms with van der Waals surface area (Å²) < 4.78 is 2.65. The summed E-state index contributed by atoms with van der Waals surface area (Å²) in [6.45, 7) is 0. The Bertz CT molecular complexity index is 1150. The number of nitrogens with one attached hydrogen (secondary N) is 2. The molecule has 5 rings (SSSR count). The fraction of sp³-hybridized carbons (Fsp3) is 0. The summed E-state index contributed by atoms with van der Waals surface area (Å²) in [5.41, 5.74) is 2.39. The van der Waals surface area contributed by atoms with E-state index in [9.17, 15) is 9.59 Å². The van der Waals surface area contributed by atoms with Gasteiger partial charge in [-0.3, -0.25) is 0 Å². The summed E-state index contributed by atoms with van der Waals surface area (Å²) in [7, 11) is 0. The molecule has 2 aliphatic heterocycles. The van der Waals surface area contributed by atoms with E-state index in [0.29, 0.717) is 0 Å². The van der Waals surface area contributed by atoms with E-state index in [0.717, 1.165) is 9.88 Å². The van der Waals surface area contributed by atoms with Crippen LogP contribution in [0.4, 0.5) is 16.4 Å². The van der Waals surface area contributed by atoms with Gasteiger partial charge < -0.3 is 0 Å². The summed E-state index contributed by atoms with van der Waals surface area (Å²) in [4.78, 5) is 27.3. The van der Waals surface area contributed by atoms with Crippen LogP contribution in [0.15, 0.2) is 66.2 Å². The first kappa shape index (κ1) is 18.3. The van der Waals surface area contributed by atoms with Crippen molar-refractivity contribution in [2.75, 3.05) is 4.90 Å². The van der Waals surface area contributed by atoms with Gasteiger partial charge >= 0.3 is 183 Å². The molecule has 0 unspecified atom stereocenters. The quantitative estimate of drug-likeness (QED) is 0.199. The summed E-state index contributed by atoms with van der Waals surface area (Å²) in [6.07, 6.45) is 1.60. The Kier molecular flexibility index (Phi) is 4.56. The molecule has 3 heterocycles. The minimum atomic E-state index is -0.481. The zero-order chi connectivity index (χ0) is 20.0. The molecule has 1 saturated heterocycles. The van der Waals surface area contributed by atoms with E-state index in [1.807, 2.05) is 24.3 Å². The number of amides is 2. The van der Waals surface area contributed by atoms with E-state index in [1.165, 1.54) is 31.6 Å². The van der Waals surface area contributed by atoms with Gasteiger partial charge in [-0.1, -0.05) is 0 Å². The van der Waals surface area contributed by atoms with Crippen molar-refractivity contribution in [2.24, 2.45) is 0 Å². The van der Waals surface area contributed by atoms with Gasteiger partial charge in [-0.2, -0.15) is 0 Å². The first-order chi connectivity index (χ1) is 14.1. The number of fused-ring (bicyclic) bond motifs is 2. The van der Waals surface area contributed by atoms with Crippen molar-refractivity contribution in [3.8, 4) is 0 Å². The molecule has 0 aliphatic carbocycles. The molecule has 2 aromatic carbocycles. The van der Waals surface area contributed by atoms with Crippen LogP contribution in [0.1, 0.15) is 4.88 Å². The predicted octanol–water partition coefficient (Wildman–Crippen LogP) is 2.10. The number of benzene rings is 2. The molecular formula is C21H13N3O2S2Se. The number of para-hydroxylation sites is 2. The average molecular weight is 482 g/mol. The van der Waals surface area contributed by atoms with Gasteiger partial charge in [0, 0.05) is 0 Å². The second-order valence-electron chi connectivity index (χ2n) is 6.34. The average Bonchev–Trinajstić information content (AvgIpc) is 3.17. The molecule has 29 heavy (non-hydrogen) atoms. The van der Waals surface area contributed by atoms with Crippen molar-refractivity contribution < 1.29 is 9.59 Å². The summed E-state index contributed by atoms with van der Waals surface area (Å²) in [5.74, 6) is -0.963. The molecule has 1 fully saturated rings. The van der Waals surface area contributed by atoms with Crippen LogP contribution in [0.25, 0.3) is 6.08 Å². The molecule has 2 aliphatic rings. The van der Waals surface area contributed by atoms with E-state index < -0.39 is 11.8 Å². The standard InChI is InChI=1S/C21H13N3O2S2Se/c25-19-13(20(26)23-21(27)22-19)11-12-9-10-18(28-12)24-14-5-1-3-7-16(14)29-17-8-4-2-6-15(17)24/h1-11H,(H2,22,23,25,26,27). The first-order valence-electron chi connectivity index (χ1n) is 8.74. The van der Waals surface area contributed by atoms with Crippen LogP contribution in [0.2, 0.25) is 0 Å². The number of hydrogen-bond donors (Lipinski definition) is 2. The number of thiocarbonyl (C=S) groups is 1. The van der Waals surface area contributed by atoms with E-state index >= 15 is 0 Å². The van der Waals surface area contributed by atoms with Crippen molar-refractivity contribution in [1.29, 1.82) is 0 Å². The van der Waals surface area contributed by atoms with Gasteiger partial charge in [-0.25, -0.2) is 0 Å². The Morgan fingerprint density at radius 2 is 1.45 bits per heavy atom. The zero-order valence-corrected chi connectivity index (χ0v) is 18.2. The minimum absolute atomic E-state index is 0.0347. The SMILES string of the molecule is O=C1NC(=S)NC(=O)C1=Cc1ccc(N2c3ccccc3[Se]c3ccccc32)s1. The van der Waals surface area contributed by atoms with E-state index in [1.54, 1.807) is 6.08 Å². The van der Waals surface area contributed by atoms with Gasteiger partial charge in [0.2, 0.25) is 0 Å². The number of thiophene rings is 1. The molecule has 0 bridgehead atoms. The number of rotatable bonds is 2. The molecule has 142 valence electrons. The van der Waals surface area contributed by atoms with Crippen molar-refractivity contribution in [2.45, 2.75) is 0 Å². The van der Waals surface area contributed by atoms with Gasteiger partial charge in [-0.05, 0) is 0 Å². The monoisotopic (exact) mass is 483 g/mol. The van der Waals surface area contributed by atoms with Crippen LogP contribution in [0.5, 0.6) is 0 Å². The Hall–Kier alpha value is -2.77. The Balaban J connectivity index is 1.56. The number of hydrogen-bond acceptors (Lipinski definition) is 5. The fourth-order valence-corrected chi connectivity index (χ4v) is 6.61. The third-order valence-electron chi connectivity index (χ3n) is 4.50. The van der Waals surface area contributed by atoms with E-state index in [4.69, 9.17) is 12.2 Å². The number of carbonyl (C=O) groups excluding carboxylic acids is 2. The zero-order valence-electron chi connectivity index (χ0n) is 14.8. The molecule has 1 aromatic heterocycles. The molecular weight excluding hydrogens is 469 g/mol. The second kappa shape index (κ2) is 7.24. The second-order valence-corrected chi connectivity index (χ2v) is 10.1. The maximum absolute atomic E-state index is 12.1. The normalized spacial score (nSPS) is 15.4. The van der Waals surface area contributed by atoms with Gasteiger partial charge in [-0.15, -0.1) is 0 Å². The van der Waals surface area contributed by atoms with E-state index in [2.05, 4.69) is 51.9 Å². The van der Waals surface area contributed by atoms with Crippen LogP contribution < -0.4 is 24.5 Å². The van der Waals surface area contributed by atoms with Crippen LogP contribution in [-0.2, 0) is 9.59 Å².